The van der Waals surface area contributed by atoms with Crippen molar-refractivity contribution in [3.8, 4) is 5.75 Å². The molecule has 1 aromatic rings. The van der Waals surface area contributed by atoms with E-state index < -0.39 is 0 Å². The van der Waals surface area contributed by atoms with Crippen LogP contribution < -0.4 is 10.1 Å². The van der Waals surface area contributed by atoms with Crippen LogP contribution in [0.3, 0.4) is 0 Å². The summed E-state index contributed by atoms with van der Waals surface area (Å²) in [6.07, 6.45) is 4.05. The fourth-order valence-electron chi connectivity index (χ4n) is 2.80. The van der Waals surface area contributed by atoms with Crippen LogP contribution in [0.2, 0.25) is 0 Å². The van der Waals surface area contributed by atoms with Crippen molar-refractivity contribution in [1.29, 1.82) is 0 Å². The van der Waals surface area contributed by atoms with E-state index in [-0.39, 0.29) is 11.9 Å². The maximum atomic E-state index is 11.8. The Kier molecular flexibility index (Phi) is 6.54. The number of carbonyl (C=O) groups is 1. The van der Waals surface area contributed by atoms with Gasteiger partial charge in [-0.2, -0.15) is 0 Å². The van der Waals surface area contributed by atoms with Gasteiger partial charge in [-0.3, -0.25) is 4.79 Å². The minimum absolute atomic E-state index is 0.0375. The number of para-hydroxylation sites is 1. The van der Waals surface area contributed by atoms with Crippen molar-refractivity contribution in [1.82, 2.24) is 5.32 Å². The van der Waals surface area contributed by atoms with Gasteiger partial charge in [0, 0.05) is 12.6 Å². The zero-order valence-electron chi connectivity index (χ0n) is 12.7. The molecule has 0 amide bonds. The van der Waals surface area contributed by atoms with E-state index in [0.717, 1.165) is 38.0 Å². The first-order valence-electron chi connectivity index (χ1n) is 7.87. The van der Waals surface area contributed by atoms with Gasteiger partial charge in [-0.05, 0) is 38.3 Å². The lowest BCUT2D eigenvalue weighted by Gasteiger charge is -2.28. The van der Waals surface area contributed by atoms with Gasteiger partial charge in [0.15, 0.2) is 0 Å². The molecule has 1 aliphatic rings. The minimum Gasteiger partial charge on any atom is -0.492 e. The van der Waals surface area contributed by atoms with Crippen LogP contribution >= 0.6 is 0 Å². The Balaban J connectivity index is 1.65. The zero-order valence-corrected chi connectivity index (χ0v) is 12.7. The Morgan fingerprint density at radius 3 is 2.86 bits per heavy atom. The third-order valence-corrected chi connectivity index (χ3v) is 3.84. The fourth-order valence-corrected chi connectivity index (χ4v) is 2.80. The molecule has 1 fully saturated rings. The molecule has 1 saturated carbocycles. The molecule has 4 nitrogen and oxygen atoms in total. The van der Waals surface area contributed by atoms with Crippen molar-refractivity contribution >= 4 is 5.97 Å². The average Bonchev–Trinajstić information content (AvgIpc) is 2.53. The first kappa shape index (κ1) is 15.8. The van der Waals surface area contributed by atoms with Gasteiger partial charge < -0.3 is 14.8 Å². The van der Waals surface area contributed by atoms with Gasteiger partial charge in [0.05, 0.1) is 12.5 Å². The van der Waals surface area contributed by atoms with Crippen LogP contribution in [0.25, 0.3) is 0 Å². The standard InChI is InChI=1S/C17H25NO3/c1-2-20-17(19)14-7-6-8-15(13-14)18-11-12-21-16-9-4-3-5-10-16/h3-5,9-10,14-15,18H,2,6-8,11-13H2,1H3. The van der Waals surface area contributed by atoms with E-state index in [1.54, 1.807) is 0 Å². The van der Waals surface area contributed by atoms with Gasteiger partial charge in [-0.25, -0.2) is 0 Å². The summed E-state index contributed by atoms with van der Waals surface area (Å²) in [4.78, 5) is 11.8. The fraction of sp³-hybridized carbons (Fsp3) is 0.588. The average molecular weight is 291 g/mol. The Bertz CT molecular complexity index is 421. The second-order valence-electron chi connectivity index (χ2n) is 5.43. The van der Waals surface area contributed by atoms with Crippen molar-refractivity contribution in [2.75, 3.05) is 19.8 Å². The summed E-state index contributed by atoms with van der Waals surface area (Å²) in [7, 11) is 0. The molecule has 0 aromatic heterocycles. The van der Waals surface area contributed by atoms with E-state index in [2.05, 4.69) is 5.32 Å². The molecular weight excluding hydrogens is 266 g/mol. The highest BCUT2D eigenvalue weighted by molar-refractivity contribution is 5.72. The SMILES string of the molecule is CCOC(=O)C1CCCC(NCCOc2ccccc2)C1. The maximum absolute atomic E-state index is 11.8. The van der Waals surface area contributed by atoms with Gasteiger partial charge in [0.1, 0.15) is 12.4 Å². The van der Waals surface area contributed by atoms with Crippen LogP contribution in [0, 0.1) is 5.92 Å². The van der Waals surface area contributed by atoms with E-state index in [1.807, 2.05) is 37.3 Å². The third kappa shape index (κ3) is 5.38. The van der Waals surface area contributed by atoms with E-state index in [0.29, 0.717) is 19.3 Å². The lowest BCUT2D eigenvalue weighted by Crippen LogP contribution is -2.38. The number of esters is 1. The first-order valence-corrected chi connectivity index (χ1v) is 7.87. The van der Waals surface area contributed by atoms with Crippen molar-refractivity contribution in [3.63, 3.8) is 0 Å². The molecule has 1 aromatic carbocycles. The predicted molar refractivity (Wildman–Crippen MR) is 82.3 cm³/mol. The van der Waals surface area contributed by atoms with E-state index >= 15 is 0 Å². The normalized spacial score (nSPS) is 21.8. The van der Waals surface area contributed by atoms with Crippen molar-refractivity contribution < 1.29 is 14.3 Å². The second-order valence-corrected chi connectivity index (χ2v) is 5.43. The molecule has 2 rings (SSSR count). The topological polar surface area (TPSA) is 47.6 Å². The van der Waals surface area contributed by atoms with Crippen molar-refractivity contribution in [2.45, 2.75) is 38.6 Å². The molecular formula is C17H25NO3. The monoisotopic (exact) mass is 291 g/mol. The van der Waals surface area contributed by atoms with Crippen LogP contribution in [0.15, 0.2) is 30.3 Å². The van der Waals surface area contributed by atoms with Crippen molar-refractivity contribution in [2.24, 2.45) is 5.92 Å². The minimum atomic E-state index is -0.0375. The lowest BCUT2D eigenvalue weighted by molar-refractivity contribution is -0.149. The summed E-state index contributed by atoms with van der Waals surface area (Å²) in [5.74, 6) is 0.920. The quantitative estimate of drug-likeness (QED) is 0.620. The van der Waals surface area contributed by atoms with Gasteiger partial charge in [-0.15, -0.1) is 0 Å². The first-order chi connectivity index (χ1) is 10.3. The third-order valence-electron chi connectivity index (χ3n) is 3.84. The number of nitrogens with one attached hydrogen (secondary N) is 1. The lowest BCUT2D eigenvalue weighted by atomic mass is 9.86. The summed E-state index contributed by atoms with van der Waals surface area (Å²) in [5, 5.41) is 3.49. The summed E-state index contributed by atoms with van der Waals surface area (Å²) in [5.41, 5.74) is 0. The van der Waals surface area contributed by atoms with E-state index in [9.17, 15) is 4.79 Å². The smallest absolute Gasteiger partial charge is 0.308 e. The highest BCUT2D eigenvalue weighted by Crippen LogP contribution is 2.25. The Morgan fingerprint density at radius 2 is 2.10 bits per heavy atom. The highest BCUT2D eigenvalue weighted by atomic mass is 16.5. The number of benzene rings is 1. The summed E-state index contributed by atoms with van der Waals surface area (Å²) in [6.45, 7) is 3.77. The van der Waals surface area contributed by atoms with Crippen LogP contribution in [0.5, 0.6) is 5.75 Å². The molecule has 0 radical (unpaired) electrons. The van der Waals surface area contributed by atoms with Crippen molar-refractivity contribution in [3.05, 3.63) is 30.3 Å². The van der Waals surface area contributed by atoms with Crippen LogP contribution in [-0.2, 0) is 9.53 Å². The Hall–Kier alpha value is -1.55. The predicted octanol–water partition coefficient (Wildman–Crippen LogP) is 2.78. The molecule has 0 heterocycles. The molecule has 0 aliphatic heterocycles. The van der Waals surface area contributed by atoms with Gasteiger partial charge in [0.25, 0.3) is 0 Å². The molecule has 1 aliphatic carbocycles. The molecule has 21 heavy (non-hydrogen) atoms. The van der Waals surface area contributed by atoms with Crippen LogP contribution in [-0.4, -0.2) is 31.8 Å². The van der Waals surface area contributed by atoms with Gasteiger partial charge >= 0.3 is 5.97 Å². The maximum Gasteiger partial charge on any atom is 0.308 e. The molecule has 2 atom stereocenters. The molecule has 1 N–H and O–H groups in total. The molecule has 4 heteroatoms. The Labute approximate surface area is 126 Å². The molecule has 0 saturated heterocycles. The number of ether oxygens (including phenoxy) is 2. The van der Waals surface area contributed by atoms with Crippen LogP contribution in [0.1, 0.15) is 32.6 Å². The molecule has 0 spiro atoms. The number of carbonyl (C=O) groups excluding carboxylic acids is 1. The molecule has 0 bridgehead atoms. The van der Waals surface area contributed by atoms with E-state index in [1.165, 1.54) is 0 Å². The number of rotatable bonds is 7. The Morgan fingerprint density at radius 1 is 1.29 bits per heavy atom. The molecule has 2 unspecified atom stereocenters. The van der Waals surface area contributed by atoms with E-state index in [4.69, 9.17) is 9.47 Å². The highest BCUT2D eigenvalue weighted by Gasteiger charge is 2.27. The zero-order chi connectivity index (χ0) is 14.9. The summed E-state index contributed by atoms with van der Waals surface area (Å²) >= 11 is 0. The largest absolute Gasteiger partial charge is 0.492 e. The van der Waals surface area contributed by atoms with Crippen LogP contribution in [0.4, 0.5) is 0 Å². The van der Waals surface area contributed by atoms with Gasteiger partial charge in [0.2, 0.25) is 0 Å². The summed E-state index contributed by atoms with van der Waals surface area (Å²) in [6, 6.07) is 10.2. The summed E-state index contributed by atoms with van der Waals surface area (Å²) < 4.78 is 10.8. The number of hydrogen-bond donors (Lipinski definition) is 1. The second kappa shape index (κ2) is 8.67. The number of hydrogen-bond acceptors (Lipinski definition) is 4. The van der Waals surface area contributed by atoms with Gasteiger partial charge in [-0.1, -0.05) is 24.6 Å². The molecule has 116 valence electrons.